The fourth-order valence-electron chi connectivity index (χ4n) is 2.97. The quantitative estimate of drug-likeness (QED) is 0.445. The van der Waals surface area contributed by atoms with Crippen LogP contribution in [0.5, 0.6) is 0 Å². The van der Waals surface area contributed by atoms with Gasteiger partial charge >= 0.3 is 0 Å². The lowest BCUT2D eigenvalue weighted by Gasteiger charge is -2.24. The van der Waals surface area contributed by atoms with Crippen LogP contribution in [0.3, 0.4) is 0 Å². The Kier molecular flexibility index (Phi) is 0.381. The zero-order chi connectivity index (χ0) is 5.35. The van der Waals surface area contributed by atoms with Crippen molar-refractivity contribution in [2.75, 3.05) is 0 Å². The number of rotatable bonds is 0. The molecule has 4 atom stereocenters. The van der Waals surface area contributed by atoms with Crippen LogP contribution < -0.4 is 0 Å². The average Bonchev–Trinajstić information content (AvgIpc) is 2.45. The van der Waals surface area contributed by atoms with Gasteiger partial charge in [-0.1, -0.05) is 6.92 Å². The standard InChI is InChI=1S/C8H12/c1-5-3-8(5)4-6-2-7(6)8/h5-7H,2-4H2,1H3. The maximum Gasteiger partial charge on any atom is -0.0235 e. The van der Waals surface area contributed by atoms with Crippen molar-refractivity contribution in [3.8, 4) is 0 Å². The van der Waals surface area contributed by atoms with Crippen LogP contribution in [-0.2, 0) is 0 Å². The van der Waals surface area contributed by atoms with Gasteiger partial charge in [0, 0.05) is 0 Å². The lowest BCUT2D eigenvalue weighted by molar-refractivity contribution is 0.237. The molecule has 0 radical (unpaired) electrons. The van der Waals surface area contributed by atoms with E-state index < -0.39 is 0 Å². The second kappa shape index (κ2) is 0.778. The minimum Gasteiger partial charge on any atom is -0.0619 e. The third-order valence-electron chi connectivity index (χ3n) is 3.81. The molecule has 0 bridgehead atoms. The van der Waals surface area contributed by atoms with Crippen LogP contribution in [-0.4, -0.2) is 0 Å². The summed E-state index contributed by atoms with van der Waals surface area (Å²) in [6.07, 6.45) is 4.79. The zero-order valence-electron chi connectivity index (χ0n) is 5.35. The van der Waals surface area contributed by atoms with Gasteiger partial charge in [0.25, 0.3) is 0 Å². The summed E-state index contributed by atoms with van der Waals surface area (Å²) in [6.45, 7) is 2.43. The molecule has 0 N–H and O–H groups in total. The Bertz CT molecular complexity index is 150. The molecule has 0 saturated heterocycles. The van der Waals surface area contributed by atoms with E-state index in [2.05, 4.69) is 6.92 Å². The van der Waals surface area contributed by atoms with Gasteiger partial charge in [0.05, 0.1) is 0 Å². The molecule has 8 heavy (non-hydrogen) atoms. The molecule has 44 valence electrons. The second-order valence-electron chi connectivity index (χ2n) is 4.14. The van der Waals surface area contributed by atoms with Crippen LogP contribution in [0.1, 0.15) is 26.2 Å². The highest BCUT2D eigenvalue weighted by atomic mass is 14.8. The largest absolute Gasteiger partial charge is 0.0619 e. The Morgan fingerprint density at radius 3 is 2.25 bits per heavy atom. The monoisotopic (exact) mass is 108 g/mol. The molecule has 0 nitrogen and oxygen atoms in total. The summed E-state index contributed by atoms with van der Waals surface area (Å²) in [6, 6.07) is 0. The van der Waals surface area contributed by atoms with Crippen LogP contribution in [0.15, 0.2) is 0 Å². The van der Waals surface area contributed by atoms with Gasteiger partial charge < -0.3 is 0 Å². The molecule has 0 aromatic carbocycles. The van der Waals surface area contributed by atoms with Crippen molar-refractivity contribution < 1.29 is 0 Å². The van der Waals surface area contributed by atoms with Crippen molar-refractivity contribution in [2.24, 2.45) is 23.2 Å². The van der Waals surface area contributed by atoms with Gasteiger partial charge in [-0.3, -0.25) is 0 Å². The van der Waals surface area contributed by atoms with Gasteiger partial charge in [-0.25, -0.2) is 0 Å². The number of hydrogen-bond acceptors (Lipinski definition) is 0. The van der Waals surface area contributed by atoms with Crippen molar-refractivity contribution in [3.63, 3.8) is 0 Å². The molecule has 1 spiro atoms. The summed E-state index contributed by atoms with van der Waals surface area (Å²) in [5.74, 6) is 3.57. The topological polar surface area (TPSA) is 0 Å². The molecule has 4 unspecified atom stereocenters. The Morgan fingerprint density at radius 1 is 1.38 bits per heavy atom. The van der Waals surface area contributed by atoms with Crippen molar-refractivity contribution in [1.29, 1.82) is 0 Å². The van der Waals surface area contributed by atoms with Crippen LogP contribution in [0, 0.1) is 23.2 Å². The fourth-order valence-corrected chi connectivity index (χ4v) is 2.97. The molecule has 3 aliphatic carbocycles. The average molecular weight is 108 g/mol. The van der Waals surface area contributed by atoms with Gasteiger partial charge in [-0.2, -0.15) is 0 Å². The van der Waals surface area contributed by atoms with Gasteiger partial charge in [-0.05, 0) is 42.4 Å². The predicted octanol–water partition coefficient (Wildman–Crippen LogP) is 2.05. The highest BCUT2D eigenvalue weighted by molar-refractivity contribution is 5.21. The number of fused-ring (bicyclic) bond motifs is 2. The summed E-state index contributed by atoms with van der Waals surface area (Å²) in [5, 5.41) is 0. The third kappa shape index (κ3) is 0.222. The molecular formula is C8H12. The maximum absolute atomic E-state index is 2.43. The zero-order valence-corrected chi connectivity index (χ0v) is 5.35. The molecule has 3 fully saturated rings. The fraction of sp³-hybridized carbons (Fsp3) is 1.00. The first-order valence-electron chi connectivity index (χ1n) is 3.83. The van der Waals surface area contributed by atoms with E-state index in [4.69, 9.17) is 0 Å². The van der Waals surface area contributed by atoms with Crippen LogP contribution >= 0.6 is 0 Å². The highest BCUT2D eigenvalue weighted by Crippen LogP contribution is 2.80. The van der Waals surface area contributed by atoms with E-state index in [1.54, 1.807) is 19.3 Å². The van der Waals surface area contributed by atoms with Gasteiger partial charge in [0.15, 0.2) is 0 Å². The van der Waals surface area contributed by atoms with Crippen LogP contribution in [0.2, 0.25) is 0 Å². The first-order chi connectivity index (χ1) is 3.83. The Hall–Kier alpha value is 0. The van der Waals surface area contributed by atoms with Crippen molar-refractivity contribution in [2.45, 2.75) is 26.2 Å². The molecule has 0 aromatic heterocycles. The van der Waals surface area contributed by atoms with E-state index in [1.807, 2.05) is 0 Å². The normalized spacial score (nSPS) is 73.9. The third-order valence-corrected chi connectivity index (χ3v) is 3.81. The first kappa shape index (κ1) is 3.92. The molecule has 0 heteroatoms. The van der Waals surface area contributed by atoms with E-state index in [9.17, 15) is 0 Å². The van der Waals surface area contributed by atoms with Gasteiger partial charge in [0.2, 0.25) is 0 Å². The summed E-state index contributed by atoms with van der Waals surface area (Å²) < 4.78 is 0. The SMILES string of the molecule is CC1CC12CC1CC12. The van der Waals surface area contributed by atoms with Crippen LogP contribution in [0.25, 0.3) is 0 Å². The molecule has 3 aliphatic rings. The Labute approximate surface area is 50.3 Å². The summed E-state index contributed by atoms with van der Waals surface area (Å²) in [5.41, 5.74) is 0.963. The minimum atomic E-state index is 0.963. The van der Waals surface area contributed by atoms with Crippen molar-refractivity contribution >= 4 is 0 Å². The Morgan fingerprint density at radius 2 is 2.12 bits per heavy atom. The summed E-state index contributed by atoms with van der Waals surface area (Å²) in [7, 11) is 0. The minimum absolute atomic E-state index is 0.963. The molecule has 0 heterocycles. The molecule has 0 amide bonds. The van der Waals surface area contributed by atoms with Gasteiger partial charge in [-0.15, -0.1) is 0 Å². The summed E-state index contributed by atoms with van der Waals surface area (Å²) >= 11 is 0. The van der Waals surface area contributed by atoms with Crippen molar-refractivity contribution in [3.05, 3.63) is 0 Å². The van der Waals surface area contributed by atoms with Gasteiger partial charge in [0.1, 0.15) is 0 Å². The van der Waals surface area contributed by atoms with Crippen molar-refractivity contribution in [1.82, 2.24) is 0 Å². The molecule has 0 aliphatic heterocycles. The molecule has 3 saturated carbocycles. The van der Waals surface area contributed by atoms with E-state index in [1.165, 1.54) is 11.8 Å². The molecule has 3 rings (SSSR count). The summed E-state index contributed by atoms with van der Waals surface area (Å²) in [4.78, 5) is 0. The first-order valence-corrected chi connectivity index (χ1v) is 3.83. The smallest absolute Gasteiger partial charge is 0.0235 e. The lowest BCUT2D eigenvalue weighted by atomic mass is 9.80. The highest BCUT2D eigenvalue weighted by Gasteiger charge is 2.72. The van der Waals surface area contributed by atoms with E-state index in [0.29, 0.717) is 0 Å². The maximum atomic E-state index is 2.43. The second-order valence-corrected chi connectivity index (χ2v) is 4.14. The molecular weight excluding hydrogens is 96.1 g/mol. The lowest BCUT2D eigenvalue weighted by Crippen LogP contribution is -2.18. The van der Waals surface area contributed by atoms with Crippen LogP contribution in [0.4, 0.5) is 0 Å². The van der Waals surface area contributed by atoms with E-state index >= 15 is 0 Å². The van der Waals surface area contributed by atoms with E-state index in [0.717, 1.165) is 11.3 Å². The van der Waals surface area contributed by atoms with E-state index in [-0.39, 0.29) is 0 Å². The number of hydrogen-bond donors (Lipinski definition) is 0. The molecule has 0 aromatic rings. The predicted molar refractivity (Wildman–Crippen MR) is 32.4 cm³/mol. The Balaban J connectivity index is 1.93.